The maximum Gasteiger partial charge on any atom is 0.407 e. The monoisotopic (exact) mass is 350 g/mol. The minimum Gasteiger partial charge on any atom is -0.444 e. The number of aromatic nitrogens is 1. The standard InChI is InChI=1S/C18H30N4O3/c1-13(2)9-15(12-21-17(24)25-18(3,4)5)22-16(23)20-11-14-7-6-8-19-10-14/h6-8,10,13,15H,9,11-12H2,1-5H3,(H,21,24)(H2,20,22,23)/t15-/m0/s1. The van der Waals surface area contributed by atoms with Crippen LogP contribution in [-0.4, -0.2) is 35.3 Å². The quantitative estimate of drug-likeness (QED) is 0.705. The number of nitrogens with zero attached hydrogens (tertiary/aromatic N) is 1. The highest BCUT2D eigenvalue weighted by Crippen LogP contribution is 2.07. The first-order chi connectivity index (χ1) is 11.7. The number of pyridine rings is 1. The van der Waals surface area contributed by atoms with Crippen molar-refractivity contribution in [2.24, 2.45) is 5.92 Å². The molecule has 7 heteroatoms. The second kappa shape index (κ2) is 9.86. The lowest BCUT2D eigenvalue weighted by molar-refractivity contribution is 0.0521. The first-order valence-electron chi connectivity index (χ1n) is 8.56. The zero-order chi connectivity index (χ0) is 18.9. The normalized spacial score (nSPS) is 12.4. The van der Waals surface area contributed by atoms with Crippen LogP contribution < -0.4 is 16.0 Å². The Hall–Kier alpha value is -2.31. The van der Waals surface area contributed by atoms with Gasteiger partial charge in [-0.25, -0.2) is 9.59 Å². The van der Waals surface area contributed by atoms with Crippen LogP contribution in [-0.2, 0) is 11.3 Å². The van der Waals surface area contributed by atoms with Gasteiger partial charge in [-0.3, -0.25) is 4.98 Å². The largest absolute Gasteiger partial charge is 0.444 e. The van der Waals surface area contributed by atoms with E-state index in [1.165, 1.54) is 0 Å². The average molecular weight is 350 g/mol. The summed E-state index contributed by atoms with van der Waals surface area (Å²) in [5.41, 5.74) is 0.372. The summed E-state index contributed by atoms with van der Waals surface area (Å²) < 4.78 is 5.22. The van der Waals surface area contributed by atoms with Crippen LogP contribution in [0.1, 0.15) is 46.6 Å². The molecule has 7 nitrogen and oxygen atoms in total. The van der Waals surface area contributed by atoms with Crippen LogP contribution in [0.5, 0.6) is 0 Å². The van der Waals surface area contributed by atoms with Crippen LogP contribution in [0.2, 0.25) is 0 Å². The first kappa shape index (κ1) is 20.7. The molecule has 3 amide bonds. The molecule has 140 valence electrons. The molecular weight excluding hydrogens is 320 g/mol. The molecule has 0 aliphatic carbocycles. The highest BCUT2D eigenvalue weighted by Gasteiger charge is 2.19. The number of carbonyl (C=O) groups excluding carboxylic acids is 2. The van der Waals surface area contributed by atoms with Crippen LogP contribution in [0.4, 0.5) is 9.59 Å². The zero-order valence-electron chi connectivity index (χ0n) is 15.8. The van der Waals surface area contributed by atoms with E-state index in [9.17, 15) is 9.59 Å². The van der Waals surface area contributed by atoms with E-state index in [-0.39, 0.29) is 12.1 Å². The molecule has 0 bridgehead atoms. The van der Waals surface area contributed by atoms with Crippen LogP contribution in [0.15, 0.2) is 24.5 Å². The van der Waals surface area contributed by atoms with Crippen molar-refractivity contribution >= 4 is 12.1 Å². The van der Waals surface area contributed by atoms with Crippen LogP contribution >= 0.6 is 0 Å². The highest BCUT2D eigenvalue weighted by molar-refractivity contribution is 5.74. The molecule has 1 aromatic heterocycles. The fourth-order valence-electron chi connectivity index (χ4n) is 2.20. The van der Waals surface area contributed by atoms with Crippen molar-refractivity contribution in [3.63, 3.8) is 0 Å². The predicted molar refractivity (Wildman–Crippen MR) is 97.1 cm³/mol. The number of hydrogen-bond donors (Lipinski definition) is 3. The number of carbonyl (C=O) groups is 2. The summed E-state index contributed by atoms with van der Waals surface area (Å²) >= 11 is 0. The van der Waals surface area contributed by atoms with Crippen molar-refractivity contribution in [1.29, 1.82) is 0 Å². The van der Waals surface area contributed by atoms with E-state index >= 15 is 0 Å². The van der Waals surface area contributed by atoms with Crippen molar-refractivity contribution < 1.29 is 14.3 Å². The Bertz CT molecular complexity index is 541. The summed E-state index contributed by atoms with van der Waals surface area (Å²) in [4.78, 5) is 27.9. The first-order valence-corrected chi connectivity index (χ1v) is 8.56. The third-order valence-corrected chi connectivity index (χ3v) is 3.16. The summed E-state index contributed by atoms with van der Waals surface area (Å²) in [6.45, 7) is 10.3. The second-order valence-electron chi connectivity index (χ2n) is 7.40. The molecule has 0 radical (unpaired) electrons. The predicted octanol–water partition coefficient (Wildman–Crippen LogP) is 2.82. The number of hydrogen-bond acceptors (Lipinski definition) is 4. The molecule has 0 saturated carbocycles. The highest BCUT2D eigenvalue weighted by atomic mass is 16.6. The number of alkyl carbamates (subject to hydrolysis) is 1. The molecule has 0 spiro atoms. The molecule has 0 saturated heterocycles. The molecule has 1 heterocycles. The summed E-state index contributed by atoms with van der Waals surface area (Å²) in [5, 5.41) is 8.40. The molecule has 1 aromatic rings. The van der Waals surface area contributed by atoms with Crippen LogP contribution in [0, 0.1) is 5.92 Å². The Kier molecular flexibility index (Phi) is 8.18. The van der Waals surface area contributed by atoms with E-state index in [2.05, 4.69) is 34.8 Å². The zero-order valence-corrected chi connectivity index (χ0v) is 15.8. The summed E-state index contributed by atoms with van der Waals surface area (Å²) in [5.74, 6) is 0.379. The topological polar surface area (TPSA) is 92.4 Å². The molecule has 25 heavy (non-hydrogen) atoms. The molecule has 0 aliphatic rings. The summed E-state index contributed by atoms with van der Waals surface area (Å²) in [7, 11) is 0. The lowest BCUT2D eigenvalue weighted by Gasteiger charge is -2.23. The van der Waals surface area contributed by atoms with Gasteiger partial charge in [-0.2, -0.15) is 0 Å². The minimum atomic E-state index is -0.549. The van der Waals surface area contributed by atoms with Gasteiger partial charge in [0, 0.05) is 31.5 Å². The molecule has 3 N–H and O–H groups in total. The van der Waals surface area contributed by atoms with Gasteiger partial charge < -0.3 is 20.7 Å². The Morgan fingerprint density at radius 2 is 1.96 bits per heavy atom. The number of amides is 3. The van der Waals surface area contributed by atoms with Crippen LogP contribution in [0.25, 0.3) is 0 Å². The Morgan fingerprint density at radius 3 is 2.52 bits per heavy atom. The average Bonchev–Trinajstić information content (AvgIpc) is 2.49. The van der Waals surface area contributed by atoms with E-state index in [1.54, 1.807) is 12.4 Å². The van der Waals surface area contributed by atoms with Gasteiger partial charge in [0.2, 0.25) is 0 Å². The Morgan fingerprint density at radius 1 is 1.24 bits per heavy atom. The van der Waals surface area contributed by atoms with Gasteiger partial charge >= 0.3 is 12.1 Å². The Labute approximate surface area is 149 Å². The number of urea groups is 1. The maximum atomic E-state index is 12.1. The second-order valence-corrected chi connectivity index (χ2v) is 7.40. The van der Waals surface area contributed by atoms with Crippen molar-refractivity contribution in [3.8, 4) is 0 Å². The fraction of sp³-hybridized carbons (Fsp3) is 0.611. The summed E-state index contributed by atoms with van der Waals surface area (Å²) in [6, 6.07) is 3.26. The molecule has 1 atom stereocenters. The molecule has 0 unspecified atom stereocenters. The van der Waals surface area contributed by atoms with Gasteiger partial charge in [-0.15, -0.1) is 0 Å². The van der Waals surface area contributed by atoms with Crippen molar-refractivity contribution in [3.05, 3.63) is 30.1 Å². The lowest BCUT2D eigenvalue weighted by Crippen LogP contribution is -2.48. The molecular formula is C18H30N4O3. The van der Waals surface area contributed by atoms with E-state index in [0.717, 1.165) is 12.0 Å². The van der Waals surface area contributed by atoms with Gasteiger partial charge in [0.25, 0.3) is 0 Å². The van der Waals surface area contributed by atoms with Gasteiger partial charge in [-0.1, -0.05) is 19.9 Å². The fourth-order valence-corrected chi connectivity index (χ4v) is 2.20. The van der Waals surface area contributed by atoms with E-state index < -0.39 is 11.7 Å². The van der Waals surface area contributed by atoms with Gasteiger partial charge in [0.15, 0.2) is 0 Å². The summed E-state index contributed by atoms with van der Waals surface area (Å²) in [6.07, 6.45) is 3.65. The van der Waals surface area contributed by atoms with Crippen molar-refractivity contribution in [2.45, 2.75) is 59.2 Å². The SMILES string of the molecule is CC(C)C[C@@H](CNC(=O)OC(C)(C)C)NC(=O)NCc1cccnc1. The maximum absolute atomic E-state index is 12.1. The van der Waals surface area contributed by atoms with Gasteiger partial charge in [0.1, 0.15) is 5.60 Å². The molecule has 0 aliphatic heterocycles. The van der Waals surface area contributed by atoms with Crippen LogP contribution in [0.3, 0.4) is 0 Å². The van der Waals surface area contributed by atoms with E-state index in [4.69, 9.17) is 4.74 Å². The van der Waals surface area contributed by atoms with Gasteiger partial charge in [-0.05, 0) is 44.7 Å². The number of ether oxygens (including phenoxy) is 1. The number of rotatable bonds is 7. The lowest BCUT2D eigenvalue weighted by atomic mass is 10.0. The van der Waals surface area contributed by atoms with Crippen molar-refractivity contribution in [1.82, 2.24) is 20.9 Å². The van der Waals surface area contributed by atoms with Crippen molar-refractivity contribution in [2.75, 3.05) is 6.54 Å². The Balaban J connectivity index is 2.45. The molecule has 0 fully saturated rings. The smallest absolute Gasteiger partial charge is 0.407 e. The van der Waals surface area contributed by atoms with Gasteiger partial charge in [0.05, 0.1) is 0 Å². The molecule has 0 aromatic carbocycles. The molecule has 1 rings (SSSR count). The number of nitrogens with one attached hydrogen (secondary N) is 3. The minimum absolute atomic E-state index is 0.179. The van der Waals surface area contributed by atoms with E-state index in [1.807, 2.05) is 32.9 Å². The van der Waals surface area contributed by atoms with E-state index in [0.29, 0.717) is 19.0 Å². The third-order valence-electron chi connectivity index (χ3n) is 3.16. The third kappa shape index (κ3) is 10.2.